The van der Waals surface area contributed by atoms with Gasteiger partial charge < -0.3 is 19.5 Å². The molecular weight excluding hydrogens is 495 g/mol. The van der Waals surface area contributed by atoms with Crippen LogP contribution in [0.25, 0.3) is 0 Å². The monoisotopic (exact) mass is 522 g/mol. The number of nitrogens with zero attached hydrogens (tertiary/aromatic N) is 2. The van der Waals surface area contributed by atoms with Crippen LogP contribution in [-0.2, 0) is 20.9 Å². The van der Waals surface area contributed by atoms with Gasteiger partial charge in [0.15, 0.2) is 11.5 Å². The summed E-state index contributed by atoms with van der Waals surface area (Å²) in [5.41, 5.74) is 3.73. The number of nitrogens with one attached hydrogen (secondary N) is 2. The summed E-state index contributed by atoms with van der Waals surface area (Å²) in [6, 6.07) is 10.4. The Morgan fingerprint density at radius 2 is 1.89 bits per heavy atom. The summed E-state index contributed by atoms with van der Waals surface area (Å²) in [4.78, 5) is 26.1. The summed E-state index contributed by atoms with van der Waals surface area (Å²) in [6.45, 7) is 4.77. The lowest BCUT2D eigenvalue weighted by Gasteiger charge is -2.26. The number of ether oxygens (including phenoxy) is 3. The molecule has 0 aliphatic carbocycles. The van der Waals surface area contributed by atoms with E-state index in [1.807, 2.05) is 6.07 Å². The zero-order chi connectivity index (χ0) is 25.0. The van der Waals surface area contributed by atoms with Gasteiger partial charge in [-0.05, 0) is 54.4 Å². The van der Waals surface area contributed by atoms with Crippen molar-refractivity contribution in [1.29, 1.82) is 0 Å². The lowest BCUT2D eigenvalue weighted by Crippen LogP contribution is -2.40. The quantitative estimate of drug-likeness (QED) is 0.215. The Hall–Kier alpha value is -2.85. The predicted molar refractivity (Wildman–Crippen MR) is 134 cm³/mol. The van der Waals surface area contributed by atoms with Crippen LogP contribution in [0.2, 0.25) is 10.0 Å². The molecule has 11 heteroatoms. The molecule has 0 aromatic heterocycles. The summed E-state index contributed by atoms with van der Waals surface area (Å²) < 4.78 is 16.5. The number of hydrogen-bond donors (Lipinski definition) is 2. The van der Waals surface area contributed by atoms with Crippen LogP contribution in [0, 0.1) is 0 Å². The minimum absolute atomic E-state index is 0.276. The molecular formula is C24H28Cl2N4O5. The first-order valence-electron chi connectivity index (χ1n) is 11.1. The molecule has 9 nitrogen and oxygen atoms in total. The second-order valence-corrected chi connectivity index (χ2v) is 8.52. The van der Waals surface area contributed by atoms with Crippen molar-refractivity contribution in [3.8, 4) is 11.5 Å². The third kappa shape index (κ3) is 8.70. The number of hydrogen-bond acceptors (Lipinski definition) is 7. The van der Waals surface area contributed by atoms with Crippen molar-refractivity contribution in [2.45, 2.75) is 13.0 Å². The molecule has 3 rings (SSSR count). The maximum Gasteiger partial charge on any atom is 0.329 e. The summed E-state index contributed by atoms with van der Waals surface area (Å²) in [5, 5.41) is 7.38. The highest BCUT2D eigenvalue weighted by Crippen LogP contribution is 2.29. The van der Waals surface area contributed by atoms with Crippen molar-refractivity contribution in [2.24, 2.45) is 5.10 Å². The molecule has 1 saturated heterocycles. The van der Waals surface area contributed by atoms with E-state index in [1.165, 1.54) is 13.3 Å². The van der Waals surface area contributed by atoms with Gasteiger partial charge in [0.05, 0.1) is 36.6 Å². The molecule has 1 aliphatic rings. The van der Waals surface area contributed by atoms with E-state index >= 15 is 0 Å². The maximum atomic E-state index is 11.9. The van der Waals surface area contributed by atoms with Gasteiger partial charge in [0.1, 0.15) is 6.61 Å². The number of rotatable bonds is 10. The van der Waals surface area contributed by atoms with Crippen LogP contribution >= 0.6 is 23.2 Å². The molecule has 1 fully saturated rings. The number of morpholine rings is 1. The van der Waals surface area contributed by atoms with Crippen molar-refractivity contribution in [3.63, 3.8) is 0 Å². The van der Waals surface area contributed by atoms with Gasteiger partial charge >= 0.3 is 11.8 Å². The van der Waals surface area contributed by atoms with Gasteiger partial charge in [-0.15, -0.1) is 0 Å². The van der Waals surface area contributed by atoms with E-state index < -0.39 is 11.8 Å². The van der Waals surface area contributed by atoms with E-state index in [9.17, 15) is 9.59 Å². The Labute approximate surface area is 214 Å². The van der Waals surface area contributed by atoms with E-state index in [1.54, 1.807) is 30.3 Å². The Balaban J connectivity index is 1.43. The van der Waals surface area contributed by atoms with Crippen LogP contribution in [0.1, 0.15) is 17.5 Å². The minimum atomic E-state index is -0.832. The molecule has 2 N–H and O–H groups in total. The Morgan fingerprint density at radius 3 is 2.63 bits per heavy atom. The van der Waals surface area contributed by atoms with Crippen molar-refractivity contribution >= 4 is 41.2 Å². The highest BCUT2D eigenvalue weighted by molar-refractivity contribution is 6.42. The Kier molecular flexibility index (Phi) is 10.6. The van der Waals surface area contributed by atoms with Crippen molar-refractivity contribution in [1.82, 2.24) is 15.6 Å². The molecule has 2 aromatic rings. The van der Waals surface area contributed by atoms with Crippen LogP contribution in [0.4, 0.5) is 0 Å². The number of methoxy groups -OCH3 is 1. The van der Waals surface area contributed by atoms with Crippen LogP contribution in [-0.4, -0.2) is 69.4 Å². The molecule has 1 aliphatic heterocycles. The summed E-state index contributed by atoms with van der Waals surface area (Å²) in [6.07, 6.45) is 2.16. The summed E-state index contributed by atoms with van der Waals surface area (Å²) in [5.74, 6) is -0.552. The molecule has 0 saturated carbocycles. The molecule has 0 spiro atoms. The highest BCUT2D eigenvalue weighted by Gasteiger charge is 2.13. The first-order valence-corrected chi connectivity index (χ1v) is 11.9. The lowest BCUT2D eigenvalue weighted by atomic mass is 10.2. The van der Waals surface area contributed by atoms with Gasteiger partial charge in [-0.2, -0.15) is 5.10 Å². The zero-order valence-corrected chi connectivity index (χ0v) is 20.9. The average Bonchev–Trinajstić information content (AvgIpc) is 2.88. The smallest absolute Gasteiger partial charge is 0.329 e. The molecule has 0 atom stereocenters. The third-order valence-corrected chi connectivity index (χ3v) is 5.93. The number of carbonyl (C=O) groups excluding carboxylic acids is 2. The van der Waals surface area contributed by atoms with Crippen LogP contribution in [0.5, 0.6) is 11.5 Å². The minimum Gasteiger partial charge on any atom is -0.493 e. The van der Waals surface area contributed by atoms with Crippen LogP contribution < -0.4 is 20.2 Å². The molecule has 0 unspecified atom stereocenters. The van der Waals surface area contributed by atoms with Gasteiger partial charge in [0.25, 0.3) is 0 Å². The molecule has 0 radical (unpaired) electrons. The topological polar surface area (TPSA) is 101 Å². The first-order chi connectivity index (χ1) is 17.0. The number of hydrazone groups is 1. The van der Waals surface area contributed by atoms with Gasteiger partial charge in [0.2, 0.25) is 0 Å². The molecule has 1 heterocycles. The standard InChI is InChI=1S/C24H28Cl2N4O5/c1-33-22-14-17(4-6-21(22)35-16-18-3-5-19(25)20(26)13-18)15-28-29-24(32)23(31)27-7-2-8-30-9-11-34-12-10-30/h3-6,13-15H,2,7-12,16H2,1H3,(H,27,31)(H,29,32)/b28-15-. The fraction of sp³-hybridized carbons (Fsp3) is 0.375. The highest BCUT2D eigenvalue weighted by atomic mass is 35.5. The normalized spacial score (nSPS) is 14.0. The number of halogens is 2. The van der Waals surface area contributed by atoms with Crippen LogP contribution in [0.3, 0.4) is 0 Å². The van der Waals surface area contributed by atoms with E-state index in [-0.39, 0.29) is 6.61 Å². The largest absolute Gasteiger partial charge is 0.493 e. The molecule has 2 aromatic carbocycles. The van der Waals surface area contributed by atoms with E-state index in [0.29, 0.717) is 33.7 Å². The zero-order valence-electron chi connectivity index (χ0n) is 19.4. The number of benzene rings is 2. The molecule has 2 amide bonds. The van der Waals surface area contributed by atoms with Crippen molar-refractivity contribution in [3.05, 3.63) is 57.6 Å². The average molecular weight is 523 g/mol. The van der Waals surface area contributed by atoms with Gasteiger partial charge in [0, 0.05) is 19.6 Å². The molecule has 188 valence electrons. The summed E-state index contributed by atoms with van der Waals surface area (Å²) >= 11 is 12.0. The van der Waals surface area contributed by atoms with Crippen LogP contribution in [0.15, 0.2) is 41.5 Å². The SMILES string of the molecule is COc1cc(/C=N\NC(=O)C(=O)NCCCN2CCOCC2)ccc1OCc1ccc(Cl)c(Cl)c1. The fourth-order valence-corrected chi connectivity index (χ4v) is 3.62. The number of carbonyl (C=O) groups is 2. The van der Waals surface area contributed by atoms with E-state index in [4.69, 9.17) is 37.4 Å². The predicted octanol–water partition coefficient (Wildman–Crippen LogP) is 2.87. The lowest BCUT2D eigenvalue weighted by molar-refractivity contribution is -0.139. The first kappa shape index (κ1) is 26.7. The second-order valence-electron chi connectivity index (χ2n) is 7.71. The maximum absolute atomic E-state index is 11.9. The second kappa shape index (κ2) is 13.9. The van der Waals surface area contributed by atoms with Gasteiger partial charge in [-0.25, -0.2) is 5.43 Å². The summed E-state index contributed by atoms with van der Waals surface area (Å²) in [7, 11) is 1.52. The van der Waals surface area contributed by atoms with Gasteiger partial charge in [-0.1, -0.05) is 29.3 Å². The Bertz CT molecular complexity index is 1040. The van der Waals surface area contributed by atoms with Gasteiger partial charge in [-0.3, -0.25) is 14.5 Å². The molecule has 35 heavy (non-hydrogen) atoms. The third-order valence-electron chi connectivity index (χ3n) is 5.19. The molecule has 0 bridgehead atoms. The fourth-order valence-electron chi connectivity index (χ4n) is 3.30. The van der Waals surface area contributed by atoms with E-state index in [0.717, 1.165) is 44.8 Å². The van der Waals surface area contributed by atoms with E-state index in [2.05, 4.69) is 20.7 Å². The Morgan fingerprint density at radius 1 is 1.09 bits per heavy atom. The van der Waals surface area contributed by atoms with Crippen molar-refractivity contribution < 1.29 is 23.8 Å². The van der Waals surface area contributed by atoms with Crippen molar-refractivity contribution in [2.75, 3.05) is 46.5 Å². The number of amides is 2.